The summed E-state index contributed by atoms with van der Waals surface area (Å²) in [5, 5.41) is 11.1. The van der Waals surface area contributed by atoms with Crippen molar-refractivity contribution in [2.24, 2.45) is 7.05 Å². The van der Waals surface area contributed by atoms with E-state index in [1.54, 1.807) is 47.3 Å². The lowest BCUT2D eigenvalue weighted by molar-refractivity contribution is -0.113. The van der Waals surface area contributed by atoms with Crippen molar-refractivity contribution < 1.29 is 17.9 Å². The van der Waals surface area contributed by atoms with E-state index in [9.17, 15) is 13.2 Å². The van der Waals surface area contributed by atoms with Crippen molar-refractivity contribution in [1.29, 1.82) is 0 Å². The molecule has 1 aromatic heterocycles. The molecule has 3 aromatic rings. The van der Waals surface area contributed by atoms with Crippen LogP contribution in [0.5, 0.6) is 11.5 Å². The number of hydrogen-bond donors (Lipinski definition) is 1. The van der Waals surface area contributed by atoms with Crippen LogP contribution in [0.15, 0.2) is 64.9 Å². The highest BCUT2D eigenvalue weighted by atomic mass is 32.2. The van der Waals surface area contributed by atoms with E-state index in [1.165, 1.54) is 23.9 Å². The average molecular weight is 419 g/mol. The summed E-state index contributed by atoms with van der Waals surface area (Å²) in [6.07, 6.45) is 2.73. The highest BCUT2D eigenvalue weighted by Gasteiger charge is 2.09. The van der Waals surface area contributed by atoms with E-state index >= 15 is 0 Å². The third-order valence-electron chi connectivity index (χ3n) is 3.63. The molecule has 1 amide bonds. The van der Waals surface area contributed by atoms with Crippen LogP contribution in [-0.4, -0.2) is 41.1 Å². The van der Waals surface area contributed by atoms with Gasteiger partial charge in [-0.1, -0.05) is 11.8 Å². The second-order valence-corrected chi connectivity index (χ2v) is 8.89. The van der Waals surface area contributed by atoms with Crippen LogP contribution in [0.3, 0.4) is 0 Å². The van der Waals surface area contributed by atoms with Crippen molar-refractivity contribution in [3.05, 3.63) is 54.9 Å². The molecular weight excluding hydrogens is 400 g/mol. The SMILES string of the molecule is Cn1cnnc1SCC(=O)Nc1ccc(Oc2ccc(S(C)(=O)=O)cc2)cc1. The summed E-state index contributed by atoms with van der Waals surface area (Å²) < 4.78 is 30.4. The van der Waals surface area contributed by atoms with E-state index in [2.05, 4.69) is 15.5 Å². The number of thioether (sulfide) groups is 1. The number of ether oxygens (including phenoxy) is 1. The lowest BCUT2D eigenvalue weighted by atomic mass is 10.3. The third kappa shape index (κ3) is 5.33. The number of benzene rings is 2. The van der Waals surface area contributed by atoms with E-state index in [4.69, 9.17) is 4.74 Å². The van der Waals surface area contributed by atoms with E-state index in [0.29, 0.717) is 22.3 Å². The Hall–Kier alpha value is -2.85. The van der Waals surface area contributed by atoms with Gasteiger partial charge in [-0.3, -0.25) is 4.79 Å². The lowest BCUT2D eigenvalue weighted by Crippen LogP contribution is -2.14. The molecule has 0 radical (unpaired) electrons. The van der Waals surface area contributed by atoms with Crippen molar-refractivity contribution >= 4 is 33.2 Å². The molecule has 146 valence electrons. The molecule has 0 saturated heterocycles. The Labute approximate surface area is 166 Å². The monoisotopic (exact) mass is 418 g/mol. The molecule has 0 atom stereocenters. The molecule has 0 aliphatic heterocycles. The highest BCUT2D eigenvalue weighted by molar-refractivity contribution is 7.99. The maximum Gasteiger partial charge on any atom is 0.234 e. The van der Waals surface area contributed by atoms with Gasteiger partial charge in [0, 0.05) is 19.0 Å². The summed E-state index contributed by atoms with van der Waals surface area (Å²) in [5.74, 6) is 1.15. The fourth-order valence-corrected chi connectivity index (χ4v) is 3.55. The van der Waals surface area contributed by atoms with Gasteiger partial charge in [0.05, 0.1) is 10.6 Å². The first-order chi connectivity index (χ1) is 13.3. The van der Waals surface area contributed by atoms with Crippen LogP contribution in [0.25, 0.3) is 0 Å². The Morgan fingerprint density at radius 2 is 1.71 bits per heavy atom. The molecule has 0 aliphatic carbocycles. The number of carbonyl (C=O) groups is 1. The van der Waals surface area contributed by atoms with Gasteiger partial charge in [0.25, 0.3) is 0 Å². The van der Waals surface area contributed by atoms with Crippen LogP contribution >= 0.6 is 11.8 Å². The lowest BCUT2D eigenvalue weighted by Gasteiger charge is -2.08. The number of nitrogens with one attached hydrogen (secondary N) is 1. The molecule has 10 heteroatoms. The largest absolute Gasteiger partial charge is 0.457 e. The number of aromatic nitrogens is 3. The molecule has 0 saturated carbocycles. The molecule has 28 heavy (non-hydrogen) atoms. The zero-order chi connectivity index (χ0) is 20.1. The van der Waals surface area contributed by atoms with Crippen LogP contribution in [-0.2, 0) is 21.7 Å². The van der Waals surface area contributed by atoms with Gasteiger partial charge in [0.1, 0.15) is 17.8 Å². The van der Waals surface area contributed by atoms with Gasteiger partial charge < -0.3 is 14.6 Å². The van der Waals surface area contributed by atoms with E-state index in [0.717, 1.165) is 6.26 Å². The van der Waals surface area contributed by atoms with Crippen molar-refractivity contribution in [2.45, 2.75) is 10.1 Å². The number of hydrogen-bond acceptors (Lipinski definition) is 7. The third-order valence-corrected chi connectivity index (χ3v) is 5.79. The summed E-state index contributed by atoms with van der Waals surface area (Å²) in [7, 11) is -1.42. The first-order valence-electron chi connectivity index (χ1n) is 8.16. The predicted molar refractivity (Wildman–Crippen MR) is 106 cm³/mol. The van der Waals surface area contributed by atoms with Crippen LogP contribution < -0.4 is 10.1 Å². The Morgan fingerprint density at radius 1 is 1.11 bits per heavy atom. The van der Waals surface area contributed by atoms with E-state index in [1.807, 2.05) is 7.05 Å². The number of carbonyl (C=O) groups excluding carboxylic acids is 1. The highest BCUT2D eigenvalue weighted by Crippen LogP contribution is 2.24. The Balaban J connectivity index is 1.54. The minimum absolute atomic E-state index is 0.155. The molecule has 0 bridgehead atoms. The summed E-state index contributed by atoms with van der Waals surface area (Å²) in [5.41, 5.74) is 0.642. The van der Waals surface area contributed by atoms with Crippen molar-refractivity contribution in [1.82, 2.24) is 14.8 Å². The fraction of sp³-hybridized carbons (Fsp3) is 0.167. The van der Waals surface area contributed by atoms with Gasteiger partial charge in [0.2, 0.25) is 5.91 Å². The predicted octanol–water partition coefficient (Wildman–Crippen LogP) is 2.74. The van der Waals surface area contributed by atoms with Gasteiger partial charge >= 0.3 is 0 Å². The van der Waals surface area contributed by atoms with Gasteiger partial charge in [-0.25, -0.2) is 8.42 Å². The maximum atomic E-state index is 12.0. The van der Waals surface area contributed by atoms with Crippen molar-refractivity contribution in [3.63, 3.8) is 0 Å². The quantitative estimate of drug-likeness (QED) is 0.589. The van der Waals surface area contributed by atoms with Crippen LogP contribution in [0, 0.1) is 0 Å². The molecule has 1 N–H and O–H groups in total. The molecule has 0 fully saturated rings. The number of nitrogens with zero attached hydrogens (tertiary/aromatic N) is 3. The smallest absolute Gasteiger partial charge is 0.234 e. The van der Waals surface area contributed by atoms with Gasteiger partial charge in [-0.15, -0.1) is 10.2 Å². The second kappa shape index (κ2) is 8.44. The number of rotatable bonds is 7. The zero-order valence-electron chi connectivity index (χ0n) is 15.2. The molecule has 0 unspecified atom stereocenters. The van der Waals surface area contributed by atoms with E-state index < -0.39 is 9.84 Å². The molecule has 1 heterocycles. The fourth-order valence-electron chi connectivity index (χ4n) is 2.23. The summed E-state index contributed by atoms with van der Waals surface area (Å²) in [6.45, 7) is 0. The topological polar surface area (TPSA) is 103 Å². The molecule has 2 aromatic carbocycles. The van der Waals surface area contributed by atoms with Crippen molar-refractivity contribution in [2.75, 3.05) is 17.3 Å². The van der Waals surface area contributed by atoms with Gasteiger partial charge in [-0.2, -0.15) is 0 Å². The number of sulfone groups is 1. The normalized spacial score (nSPS) is 11.2. The standard InChI is InChI=1S/C18H18N4O4S2/c1-22-12-19-21-18(22)27-11-17(23)20-13-3-5-14(6-4-13)26-15-7-9-16(10-8-15)28(2,24)25/h3-10,12H,11H2,1-2H3,(H,20,23). The second-order valence-electron chi connectivity index (χ2n) is 5.93. The molecule has 3 rings (SSSR count). The van der Waals surface area contributed by atoms with Crippen molar-refractivity contribution in [3.8, 4) is 11.5 Å². The van der Waals surface area contributed by atoms with E-state index in [-0.39, 0.29) is 16.6 Å². The first-order valence-corrected chi connectivity index (χ1v) is 11.0. The zero-order valence-corrected chi connectivity index (χ0v) is 16.8. The number of anilines is 1. The Kier molecular flexibility index (Phi) is 6.00. The van der Waals surface area contributed by atoms with Gasteiger partial charge in [0.15, 0.2) is 15.0 Å². The number of amides is 1. The molecule has 8 nitrogen and oxygen atoms in total. The molecule has 0 aliphatic rings. The minimum Gasteiger partial charge on any atom is -0.457 e. The van der Waals surface area contributed by atoms with Crippen LogP contribution in [0.1, 0.15) is 0 Å². The Bertz CT molecular complexity index is 1060. The summed E-state index contributed by atoms with van der Waals surface area (Å²) in [6, 6.07) is 13.1. The number of aryl methyl sites for hydroxylation is 1. The summed E-state index contributed by atoms with van der Waals surface area (Å²) >= 11 is 1.30. The average Bonchev–Trinajstić information content (AvgIpc) is 3.06. The molecule has 0 spiro atoms. The van der Waals surface area contributed by atoms with Gasteiger partial charge in [-0.05, 0) is 48.5 Å². The first kappa shape index (κ1) is 19.9. The Morgan fingerprint density at radius 3 is 2.25 bits per heavy atom. The summed E-state index contributed by atoms with van der Waals surface area (Å²) in [4.78, 5) is 12.3. The van der Waals surface area contributed by atoms with Crippen LogP contribution in [0.2, 0.25) is 0 Å². The van der Waals surface area contributed by atoms with Crippen LogP contribution in [0.4, 0.5) is 5.69 Å². The minimum atomic E-state index is -3.24. The molecular formula is C18H18N4O4S2. The maximum absolute atomic E-state index is 12.0.